The van der Waals surface area contributed by atoms with Gasteiger partial charge in [0, 0.05) is 49.0 Å². The fraction of sp³-hybridized carbons (Fsp3) is 0.346. The average molecular weight is 541 g/mol. The quantitative estimate of drug-likeness (QED) is 0.407. The minimum atomic E-state index is -4.58. The molecule has 0 spiro atoms. The summed E-state index contributed by atoms with van der Waals surface area (Å²) < 4.78 is 50.2. The lowest BCUT2D eigenvalue weighted by Crippen LogP contribution is -2.37. The molecule has 1 aliphatic rings. The summed E-state index contributed by atoms with van der Waals surface area (Å²) in [5.41, 5.74) is 3.35. The summed E-state index contributed by atoms with van der Waals surface area (Å²) >= 11 is 0. The highest BCUT2D eigenvalue weighted by Gasteiger charge is 2.35. The van der Waals surface area contributed by atoms with Gasteiger partial charge in [0.15, 0.2) is 0 Å². The van der Waals surface area contributed by atoms with Crippen molar-refractivity contribution in [1.29, 1.82) is 0 Å². The summed E-state index contributed by atoms with van der Waals surface area (Å²) in [6.45, 7) is 6.86. The molecular weight excluding hydrogens is 513 g/mol. The van der Waals surface area contributed by atoms with Gasteiger partial charge in [0.2, 0.25) is 0 Å². The largest absolute Gasteiger partial charge is 0.416 e. The number of aromatic nitrogens is 6. The number of anilines is 2. The van der Waals surface area contributed by atoms with Crippen molar-refractivity contribution in [2.75, 3.05) is 36.5 Å². The molecule has 1 aromatic carbocycles. The van der Waals surface area contributed by atoms with E-state index >= 15 is 0 Å². The van der Waals surface area contributed by atoms with Crippen LogP contribution in [0, 0.1) is 20.8 Å². The van der Waals surface area contributed by atoms with E-state index in [9.17, 15) is 18.0 Å². The monoisotopic (exact) mass is 540 g/mol. The Hall–Kier alpha value is -4.26. The zero-order chi connectivity index (χ0) is 27.9. The van der Waals surface area contributed by atoms with Crippen molar-refractivity contribution >= 4 is 17.3 Å². The number of aryl methyl sites for hydroxylation is 2. The smallest absolute Gasteiger partial charge is 0.378 e. The molecule has 10 nitrogen and oxygen atoms in total. The molecule has 1 aliphatic heterocycles. The van der Waals surface area contributed by atoms with E-state index in [0.29, 0.717) is 49.1 Å². The minimum Gasteiger partial charge on any atom is -0.378 e. The third-order valence-electron chi connectivity index (χ3n) is 6.87. The van der Waals surface area contributed by atoms with Crippen molar-refractivity contribution in [3.63, 3.8) is 0 Å². The molecule has 0 bridgehead atoms. The molecule has 5 rings (SSSR count). The number of benzene rings is 1. The second-order valence-corrected chi connectivity index (χ2v) is 9.36. The molecule has 4 heterocycles. The molecule has 0 unspecified atom stereocenters. The van der Waals surface area contributed by atoms with Crippen molar-refractivity contribution in [2.24, 2.45) is 7.05 Å². The molecule has 0 atom stereocenters. The molecule has 0 radical (unpaired) electrons. The van der Waals surface area contributed by atoms with Gasteiger partial charge in [-0.15, -0.1) is 5.10 Å². The van der Waals surface area contributed by atoms with Gasteiger partial charge in [-0.1, -0.05) is 5.21 Å². The molecule has 0 aliphatic carbocycles. The third-order valence-corrected chi connectivity index (χ3v) is 6.87. The second-order valence-electron chi connectivity index (χ2n) is 9.36. The summed E-state index contributed by atoms with van der Waals surface area (Å²) in [7, 11) is 1.83. The number of amides is 1. The first-order valence-electron chi connectivity index (χ1n) is 12.3. The third kappa shape index (κ3) is 5.21. The first kappa shape index (κ1) is 26.4. The standard InChI is InChI=1S/C26H27F3N8O2/c1-15-21(26(27,28)29)10-19(11-23(15)36-5-7-39-8-6-36)32-25(38)18-9-24(16(2)30-12-18)37-14-22(33-34-37)20-13-31-35(4)17(20)3/h9-14H,5-8H2,1-4H3,(H,32,38). The van der Waals surface area contributed by atoms with Crippen molar-refractivity contribution in [3.8, 4) is 16.9 Å². The van der Waals surface area contributed by atoms with Crippen LogP contribution in [0.3, 0.4) is 0 Å². The topological polar surface area (TPSA) is 103 Å². The molecule has 39 heavy (non-hydrogen) atoms. The van der Waals surface area contributed by atoms with Crippen LogP contribution in [0.2, 0.25) is 0 Å². The lowest BCUT2D eigenvalue weighted by Gasteiger charge is -2.31. The number of pyridine rings is 1. The summed E-state index contributed by atoms with van der Waals surface area (Å²) in [6.07, 6.45) is 0.196. The SMILES string of the molecule is Cc1ncc(C(=O)Nc2cc(N3CCOCC3)c(C)c(C(F)(F)F)c2)cc1-n1cc(-c2cnn(C)c2C)nn1. The first-order valence-corrected chi connectivity index (χ1v) is 12.3. The van der Waals surface area contributed by atoms with E-state index < -0.39 is 17.6 Å². The number of morpholine rings is 1. The van der Waals surface area contributed by atoms with E-state index in [4.69, 9.17) is 4.74 Å². The summed E-state index contributed by atoms with van der Waals surface area (Å²) in [5, 5.41) is 15.3. The number of hydrogen-bond acceptors (Lipinski definition) is 7. The Morgan fingerprint density at radius 3 is 2.46 bits per heavy atom. The number of nitrogens with one attached hydrogen (secondary N) is 1. The molecule has 3 aromatic heterocycles. The van der Waals surface area contributed by atoms with Crippen LogP contribution in [0.1, 0.15) is 32.9 Å². The van der Waals surface area contributed by atoms with Gasteiger partial charge in [0.1, 0.15) is 5.69 Å². The van der Waals surface area contributed by atoms with Crippen LogP contribution in [-0.2, 0) is 18.0 Å². The molecule has 0 saturated carbocycles. The maximum absolute atomic E-state index is 13.9. The van der Waals surface area contributed by atoms with Crippen molar-refractivity contribution in [3.05, 3.63) is 64.9 Å². The molecule has 1 saturated heterocycles. The molecule has 204 valence electrons. The van der Waals surface area contributed by atoms with Crippen LogP contribution in [0.4, 0.5) is 24.5 Å². The number of carbonyl (C=O) groups is 1. The lowest BCUT2D eigenvalue weighted by atomic mass is 10.0. The maximum atomic E-state index is 13.9. The number of carbonyl (C=O) groups excluding carboxylic acids is 1. The van der Waals surface area contributed by atoms with Gasteiger partial charge >= 0.3 is 6.18 Å². The Balaban J connectivity index is 1.45. The number of nitrogens with zero attached hydrogens (tertiary/aromatic N) is 7. The van der Waals surface area contributed by atoms with E-state index in [1.54, 1.807) is 36.1 Å². The van der Waals surface area contributed by atoms with Gasteiger partial charge in [-0.25, -0.2) is 4.68 Å². The van der Waals surface area contributed by atoms with Crippen LogP contribution in [0.25, 0.3) is 16.9 Å². The molecule has 13 heteroatoms. The fourth-order valence-corrected chi connectivity index (χ4v) is 4.53. The van der Waals surface area contributed by atoms with Crippen molar-refractivity contribution in [2.45, 2.75) is 26.9 Å². The number of ether oxygens (including phenoxy) is 1. The Labute approximate surface area is 222 Å². The number of alkyl halides is 3. The summed E-state index contributed by atoms with van der Waals surface area (Å²) in [4.78, 5) is 19.3. The first-order chi connectivity index (χ1) is 18.5. The van der Waals surface area contributed by atoms with Gasteiger partial charge in [0.05, 0.1) is 48.1 Å². The zero-order valence-electron chi connectivity index (χ0n) is 21.9. The summed E-state index contributed by atoms with van der Waals surface area (Å²) in [5.74, 6) is -0.600. The van der Waals surface area contributed by atoms with E-state index in [1.807, 2.05) is 18.9 Å². The molecule has 1 N–H and O–H groups in total. The predicted octanol–water partition coefficient (Wildman–Crippen LogP) is 4.10. The normalized spacial score (nSPS) is 14.1. The fourth-order valence-electron chi connectivity index (χ4n) is 4.53. The Morgan fingerprint density at radius 1 is 1.05 bits per heavy atom. The second kappa shape index (κ2) is 10.1. The average Bonchev–Trinajstić information content (AvgIpc) is 3.51. The molecule has 1 amide bonds. The molecule has 1 fully saturated rings. The zero-order valence-corrected chi connectivity index (χ0v) is 21.9. The van der Waals surface area contributed by atoms with Crippen LogP contribution in [-0.4, -0.2) is 62.0 Å². The summed E-state index contributed by atoms with van der Waals surface area (Å²) in [6, 6.07) is 4.10. The van der Waals surface area contributed by atoms with E-state index in [0.717, 1.165) is 17.3 Å². The van der Waals surface area contributed by atoms with Crippen LogP contribution in [0.5, 0.6) is 0 Å². The van der Waals surface area contributed by atoms with Crippen molar-refractivity contribution in [1.82, 2.24) is 29.8 Å². The Kier molecular flexibility index (Phi) is 6.85. The highest BCUT2D eigenvalue weighted by Crippen LogP contribution is 2.38. The van der Waals surface area contributed by atoms with Gasteiger partial charge in [-0.2, -0.15) is 18.3 Å². The van der Waals surface area contributed by atoms with Gasteiger partial charge < -0.3 is 15.0 Å². The number of rotatable bonds is 5. The Bertz CT molecular complexity index is 1540. The molecule has 4 aromatic rings. The van der Waals surface area contributed by atoms with Crippen LogP contribution < -0.4 is 10.2 Å². The number of halogens is 3. The molecular formula is C26H27F3N8O2. The van der Waals surface area contributed by atoms with Crippen LogP contribution >= 0.6 is 0 Å². The van der Waals surface area contributed by atoms with Gasteiger partial charge in [-0.05, 0) is 44.5 Å². The minimum absolute atomic E-state index is 0.0386. The van der Waals surface area contributed by atoms with E-state index in [-0.39, 0.29) is 16.8 Å². The number of hydrogen-bond donors (Lipinski definition) is 1. The van der Waals surface area contributed by atoms with Crippen LogP contribution in [0.15, 0.2) is 36.8 Å². The van der Waals surface area contributed by atoms with E-state index in [1.165, 1.54) is 17.8 Å². The van der Waals surface area contributed by atoms with E-state index in [2.05, 4.69) is 25.7 Å². The predicted molar refractivity (Wildman–Crippen MR) is 138 cm³/mol. The Morgan fingerprint density at radius 2 is 1.79 bits per heavy atom. The van der Waals surface area contributed by atoms with Gasteiger partial charge in [-0.3, -0.25) is 14.5 Å². The van der Waals surface area contributed by atoms with Gasteiger partial charge in [0.25, 0.3) is 5.91 Å². The highest BCUT2D eigenvalue weighted by molar-refractivity contribution is 6.04. The van der Waals surface area contributed by atoms with Crippen molar-refractivity contribution < 1.29 is 22.7 Å². The highest BCUT2D eigenvalue weighted by atomic mass is 19.4. The maximum Gasteiger partial charge on any atom is 0.416 e. The lowest BCUT2D eigenvalue weighted by molar-refractivity contribution is -0.138.